The number of carbonyl (C=O) groups is 3. The van der Waals surface area contributed by atoms with Crippen LogP contribution in [0.15, 0.2) is 146 Å². The summed E-state index contributed by atoms with van der Waals surface area (Å²) in [7, 11) is 0. The van der Waals surface area contributed by atoms with E-state index in [0.717, 1.165) is 180 Å². The van der Waals surface area contributed by atoms with Gasteiger partial charge >= 0.3 is 18.5 Å². The number of halogens is 9. The summed E-state index contributed by atoms with van der Waals surface area (Å²) in [6.45, 7) is 11.9. The lowest BCUT2D eigenvalue weighted by molar-refractivity contribution is -0.138. The number of alkyl halides is 9. The molecule has 580 valence electrons. The molecule has 3 amide bonds. The average molecular weight is 1590 g/mol. The van der Waals surface area contributed by atoms with Crippen LogP contribution in [0.1, 0.15) is 93.7 Å². The van der Waals surface area contributed by atoms with E-state index in [1.165, 1.54) is 49.6 Å². The number of fused-ring (bicyclic) bond motifs is 1. The molecule has 27 nitrogen and oxygen atoms in total. The van der Waals surface area contributed by atoms with Crippen LogP contribution in [0.2, 0.25) is 0 Å². The molecule has 11 aromatic rings. The van der Waals surface area contributed by atoms with E-state index < -0.39 is 52.9 Å². The highest BCUT2D eigenvalue weighted by Gasteiger charge is 2.33. The number of hydrogen-bond acceptors (Lipinski definition) is 26. The van der Waals surface area contributed by atoms with Crippen LogP contribution in [0.4, 0.5) is 54.9 Å². The van der Waals surface area contributed by atoms with Crippen LogP contribution in [0.5, 0.6) is 17.2 Å². The van der Waals surface area contributed by atoms with E-state index in [0.29, 0.717) is 70.4 Å². The zero-order chi connectivity index (χ0) is 76.8. The van der Waals surface area contributed by atoms with Crippen molar-refractivity contribution in [3.8, 4) is 51.8 Å². The molecule has 0 saturated carbocycles. The summed E-state index contributed by atoms with van der Waals surface area (Å²) < 4.78 is 144. The molecule has 0 unspecified atom stereocenters. The molecule has 39 heteroatoms. The topological polar surface area (TPSA) is 314 Å². The molecule has 3 aliphatic heterocycles. The zero-order valence-corrected chi connectivity index (χ0v) is 60.0. The summed E-state index contributed by atoms with van der Waals surface area (Å²) in [6, 6.07) is 25.4. The molecule has 14 rings (SSSR count). The van der Waals surface area contributed by atoms with E-state index in [2.05, 4.69) is 89.0 Å². The van der Waals surface area contributed by atoms with Crippen molar-refractivity contribution in [3.05, 3.63) is 179 Å². The second-order valence-electron chi connectivity index (χ2n) is 24.1. The monoisotopic (exact) mass is 1590 g/mol. The maximum absolute atomic E-state index is 12.7. The highest BCUT2D eigenvalue weighted by molar-refractivity contribution is 7.10. The number of rotatable bonds is 21. The number of aromatic nitrogens is 13. The van der Waals surface area contributed by atoms with Crippen molar-refractivity contribution in [2.45, 2.75) is 64.5 Å². The number of carbonyl (C=O) groups excluding carboxylic acids is 3. The Morgan fingerprint density at radius 3 is 1.22 bits per heavy atom. The van der Waals surface area contributed by atoms with Crippen molar-refractivity contribution in [2.75, 3.05) is 108 Å². The predicted molar refractivity (Wildman–Crippen MR) is 392 cm³/mol. The first kappa shape index (κ1) is 81.8. The van der Waals surface area contributed by atoms with Gasteiger partial charge in [-0.25, -0.2) is 4.98 Å². The Kier molecular flexibility index (Phi) is 29.1. The molecule has 8 aromatic heterocycles. The van der Waals surface area contributed by atoms with Crippen molar-refractivity contribution in [3.63, 3.8) is 0 Å². The van der Waals surface area contributed by atoms with E-state index in [9.17, 15) is 53.9 Å². The number of anilines is 3. The Balaban J connectivity index is 0.000000165. The first-order valence-electron chi connectivity index (χ1n) is 33.9. The number of nitrogens with one attached hydrogen (secondary N) is 3. The van der Waals surface area contributed by atoms with Gasteiger partial charge in [0, 0.05) is 133 Å². The fraction of sp³-hybridized carbons (Fsp3) is 0.338. The minimum Gasteiger partial charge on any atom is -0.492 e. The summed E-state index contributed by atoms with van der Waals surface area (Å²) in [4.78, 5) is 80.5. The summed E-state index contributed by atoms with van der Waals surface area (Å²) in [5, 5.41) is 24.6. The number of hydrogen-bond donors (Lipinski definition) is 4. The number of pyridine rings is 4. The third kappa shape index (κ3) is 24.2. The van der Waals surface area contributed by atoms with E-state index in [4.69, 9.17) is 24.2 Å². The molecule has 0 aliphatic carbocycles. The van der Waals surface area contributed by atoms with E-state index >= 15 is 0 Å². The Labute approximate surface area is 635 Å². The third-order valence-corrected chi connectivity index (χ3v) is 18.3. The van der Waals surface area contributed by atoms with Crippen LogP contribution < -0.4 is 30.3 Å². The molecule has 3 fully saturated rings. The number of nitrogens with zero attached hydrogens (tertiary/aromatic N) is 16. The molecule has 110 heavy (non-hydrogen) atoms. The van der Waals surface area contributed by atoms with Gasteiger partial charge in [0.15, 0.2) is 23.2 Å². The first-order chi connectivity index (χ1) is 52.6. The van der Waals surface area contributed by atoms with Crippen LogP contribution >= 0.6 is 34.6 Å². The number of likely N-dealkylation sites (tertiary alicyclic amines) is 2. The largest absolute Gasteiger partial charge is 0.492 e. The number of β-amino-alcohol motifs (C(OH)–C–C–N with tert-alkyl or cyclic N) is 1. The highest BCUT2D eigenvalue weighted by atomic mass is 32.1. The summed E-state index contributed by atoms with van der Waals surface area (Å²) in [5.74, 6) is 0.778. The third-order valence-electron chi connectivity index (χ3n) is 16.4. The molecule has 0 radical (unpaired) electrons. The lowest BCUT2D eigenvalue weighted by Crippen LogP contribution is -2.37. The van der Waals surface area contributed by atoms with Crippen LogP contribution in [0, 0.1) is 0 Å². The lowest BCUT2D eigenvalue weighted by atomic mass is 10.1. The maximum atomic E-state index is 12.7. The SMILES string of the molecule is C.O=C(Nc1nc(-c2cc(OCCN3CCCCC3)ccn2)ns1)c1ccc(C(F)(F)F)cc1.O=C(Nc1nc(-c2cc(OCCN3CCCCC3)ccn2)ns1)c1ccc(C(F)(F)F)cc1.O=C(Nc1nc(-c2cc(On3nnc4cccnc43)ccn2)ns1)c1ccc(C(F)(F)F)cc1.OCCN1CCOCC1. The number of benzene rings is 3. The van der Waals surface area contributed by atoms with E-state index in [1.54, 1.807) is 67.1 Å². The minimum atomic E-state index is -4.48. The Morgan fingerprint density at radius 2 is 0.836 bits per heavy atom. The number of aliphatic hydroxyl groups excluding tert-OH is 1. The number of amides is 3. The molecule has 4 N–H and O–H groups in total. The summed E-state index contributed by atoms with van der Waals surface area (Å²) >= 11 is 2.81. The highest BCUT2D eigenvalue weighted by Crippen LogP contribution is 2.33. The van der Waals surface area contributed by atoms with Gasteiger partial charge < -0.3 is 24.2 Å². The molecule has 3 saturated heterocycles. The molecule has 3 aliphatic rings. The molecular formula is C71H72F9N19O8S3. The normalized spacial score (nSPS) is 14.2. The zero-order valence-electron chi connectivity index (χ0n) is 57.6. The van der Waals surface area contributed by atoms with Gasteiger partial charge in [-0.05, 0) is 154 Å². The van der Waals surface area contributed by atoms with E-state index in [-0.39, 0.29) is 51.9 Å². The summed E-state index contributed by atoms with van der Waals surface area (Å²) in [5.41, 5.74) is 0.0886. The van der Waals surface area contributed by atoms with Gasteiger partial charge in [-0.15, -0.1) is 5.10 Å². The van der Waals surface area contributed by atoms with Crippen LogP contribution in [0.3, 0.4) is 0 Å². The second kappa shape index (κ2) is 39.1. The van der Waals surface area contributed by atoms with Crippen LogP contribution in [-0.2, 0) is 23.3 Å². The van der Waals surface area contributed by atoms with Crippen LogP contribution in [0.25, 0.3) is 45.7 Å². The number of piperidine rings is 2. The van der Waals surface area contributed by atoms with Crippen molar-refractivity contribution in [1.29, 1.82) is 0 Å². The van der Waals surface area contributed by atoms with Crippen molar-refractivity contribution in [2.24, 2.45) is 0 Å². The second-order valence-corrected chi connectivity index (χ2v) is 26.3. The molecular weight excluding hydrogens is 1510 g/mol. The Morgan fingerprint density at radius 1 is 0.464 bits per heavy atom. The molecule has 0 spiro atoms. The van der Waals surface area contributed by atoms with Gasteiger partial charge in [-0.2, -0.15) is 67.6 Å². The van der Waals surface area contributed by atoms with Crippen molar-refractivity contribution >= 4 is 78.9 Å². The lowest BCUT2D eigenvalue weighted by Gasteiger charge is -2.26. The van der Waals surface area contributed by atoms with Gasteiger partial charge in [0.2, 0.25) is 21.0 Å². The van der Waals surface area contributed by atoms with Gasteiger partial charge in [0.25, 0.3) is 17.7 Å². The molecule has 0 atom stereocenters. The number of morpholine rings is 1. The van der Waals surface area contributed by atoms with Crippen molar-refractivity contribution < 1.29 is 78.1 Å². The predicted octanol–water partition coefficient (Wildman–Crippen LogP) is 13.3. The smallest absolute Gasteiger partial charge is 0.416 e. The van der Waals surface area contributed by atoms with Gasteiger partial charge in [-0.3, -0.25) is 60.0 Å². The number of aliphatic hydroxyl groups is 1. The van der Waals surface area contributed by atoms with Gasteiger partial charge in [-0.1, -0.05) is 25.1 Å². The Hall–Kier alpha value is -10.7. The van der Waals surface area contributed by atoms with Crippen LogP contribution in [-0.4, -0.2) is 193 Å². The standard InChI is InChI=1S/2C22H22F3N5O2S.C20H11F3N8O2S.C6H13NO2.CH4/c2*23-22(24,25)16-6-4-15(5-7-16)20(31)28-21-27-19(29-33-21)18-14-17(8-9-26-18)32-13-12-30-10-2-1-3-11-30;21-20(22,23)12-5-3-11(4-6-12)18(32)27-19-26-16(29-34-19)15-10-13(7-9-24-15)33-31-17-14(28-30-31)2-1-8-25-17;8-4-1-7-2-5-9-6-3-7;/h2*4-9,14H,1-3,10-13H2,(H,27,28,29,31);1-10H,(H,26,27,29,32);8H,1-6H2;1H4. The summed E-state index contributed by atoms with van der Waals surface area (Å²) in [6.07, 6.45) is 0.382. The van der Waals surface area contributed by atoms with Crippen molar-refractivity contribution in [1.82, 2.24) is 77.9 Å². The Bertz CT molecular complexity index is 4570. The fourth-order valence-corrected chi connectivity index (χ4v) is 12.5. The minimum absolute atomic E-state index is 0. The molecule has 11 heterocycles. The average Bonchev–Trinajstić information content (AvgIpc) is 1.29. The quantitative estimate of drug-likeness (QED) is 0.0486. The fourth-order valence-electron chi connectivity index (χ4n) is 10.7. The maximum Gasteiger partial charge on any atom is 0.416 e. The molecule has 3 aromatic carbocycles. The van der Waals surface area contributed by atoms with Gasteiger partial charge in [0.05, 0.1) is 36.5 Å². The number of ether oxygens (including phenoxy) is 3. The van der Waals surface area contributed by atoms with E-state index in [1.807, 2.05) is 0 Å². The molecule has 0 bridgehead atoms. The van der Waals surface area contributed by atoms with Gasteiger partial charge in [0.1, 0.15) is 47.3 Å². The first-order valence-corrected chi connectivity index (χ1v) is 36.2.